The van der Waals surface area contributed by atoms with Crippen molar-refractivity contribution in [3.63, 3.8) is 0 Å². The lowest BCUT2D eigenvalue weighted by molar-refractivity contribution is 0.256. The van der Waals surface area contributed by atoms with Crippen LogP contribution in [0.2, 0.25) is 0 Å². The van der Waals surface area contributed by atoms with E-state index in [1.54, 1.807) is 24.5 Å². The van der Waals surface area contributed by atoms with Crippen molar-refractivity contribution >= 4 is 17.7 Å². The van der Waals surface area contributed by atoms with Gasteiger partial charge >= 0.3 is 6.03 Å². The van der Waals surface area contributed by atoms with Gasteiger partial charge in [0.1, 0.15) is 5.69 Å². The molecule has 3 rings (SSSR count). The number of fused-ring (bicyclic) bond motifs is 1. The third-order valence-corrected chi connectivity index (χ3v) is 2.73. The van der Waals surface area contributed by atoms with Crippen LogP contribution in [-0.4, -0.2) is 21.0 Å². The first-order chi connectivity index (χ1) is 9.25. The molecular formula is C13H11N5O. The Labute approximate surface area is 109 Å². The highest BCUT2D eigenvalue weighted by Crippen LogP contribution is 2.24. The van der Waals surface area contributed by atoms with E-state index in [1.807, 2.05) is 24.3 Å². The Hall–Kier alpha value is -2.89. The van der Waals surface area contributed by atoms with Gasteiger partial charge in [-0.15, -0.1) is 0 Å². The van der Waals surface area contributed by atoms with E-state index in [4.69, 9.17) is 5.73 Å². The summed E-state index contributed by atoms with van der Waals surface area (Å²) in [5.41, 5.74) is 7.62. The molecule has 2 aliphatic heterocycles. The van der Waals surface area contributed by atoms with Gasteiger partial charge < -0.3 is 10.7 Å². The van der Waals surface area contributed by atoms with Crippen molar-refractivity contribution in [1.82, 2.24) is 15.0 Å². The van der Waals surface area contributed by atoms with E-state index < -0.39 is 6.03 Å². The number of benzene rings is 1. The molecule has 19 heavy (non-hydrogen) atoms. The zero-order valence-corrected chi connectivity index (χ0v) is 9.95. The van der Waals surface area contributed by atoms with Crippen molar-refractivity contribution in [2.75, 3.05) is 4.90 Å². The molecule has 0 saturated carbocycles. The van der Waals surface area contributed by atoms with Gasteiger partial charge in [-0.2, -0.15) is 0 Å². The third-order valence-electron chi connectivity index (χ3n) is 2.73. The van der Waals surface area contributed by atoms with Gasteiger partial charge in [0.25, 0.3) is 0 Å². The molecule has 2 amide bonds. The van der Waals surface area contributed by atoms with Crippen LogP contribution in [0.5, 0.6) is 0 Å². The monoisotopic (exact) mass is 253 g/mol. The summed E-state index contributed by atoms with van der Waals surface area (Å²) >= 11 is 0. The van der Waals surface area contributed by atoms with Gasteiger partial charge in [-0.25, -0.2) is 14.7 Å². The van der Waals surface area contributed by atoms with Crippen LogP contribution >= 0.6 is 0 Å². The number of nitrogens with two attached hydrogens (primary N) is 1. The molecule has 0 radical (unpaired) electrons. The normalized spacial score (nSPS) is 10.5. The number of nitrogens with zero attached hydrogens (tertiary/aromatic N) is 3. The molecule has 0 bridgehead atoms. The maximum atomic E-state index is 11.6. The molecule has 2 heterocycles. The number of aromatic amines is 1. The number of urea groups is 1. The average molecular weight is 253 g/mol. The molecule has 94 valence electrons. The van der Waals surface area contributed by atoms with Crippen molar-refractivity contribution in [3.05, 3.63) is 48.8 Å². The minimum Gasteiger partial charge on any atom is -0.351 e. The Morgan fingerprint density at radius 2 is 1.95 bits per heavy atom. The molecule has 1 aromatic rings. The van der Waals surface area contributed by atoms with Gasteiger partial charge in [-0.1, -0.05) is 18.2 Å². The molecule has 0 saturated heterocycles. The van der Waals surface area contributed by atoms with Crippen LogP contribution < -0.4 is 10.6 Å². The van der Waals surface area contributed by atoms with Crippen molar-refractivity contribution in [2.24, 2.45) is 5.73 Å². The van der Waals surface area contributed by atoms with E-state index in [2.05, 4.69) is 15.0 Å². The van der Waals surface area contributed by atoms with Gasteiger partial charge in [0.05, 0.1) is 17.6 Å². The maximum Gasteiger partial charge on any atom is 0.326 e. The summed E-state index contributed by atoms with van der Waals surface area (Å²) in [5.74, 6) is 0.360. The fraction of sp³-hybridized carbons (Fsp3) is 0. The van der Waals surface area contributed by atoms with E-state index in [1.165, 1.54) is 4.90 Å². The van der Waals surface area contributed by atoms with E-state index in [-0.39, 0.29) is 0 Å². The second-order valence-corrected chi connectivity index (χ2v) is 3.96. The Balaban J connectivity index is 2.10. The first kappa shape index (κ1) is 11.2. The molecule has 0 spiro atoms. The molecule has 0 unspecified atom stereocenters. The Morgan fingerprint density at radius 3 is 2.68 bits per heavy atom. The fourth-order valence-electron chi connectivity index (χ4n) is 1.88. The summed E-state index contributed by atoms with van der Waals surface area (Å²) in [6.07, 6.45) is 3.27. The zero-order chi connectivity index (χ0) is 13.2. The Morgan fingerprint density at radius 1 is 1.16 bits per heavy atom. The molecule has 6 heteroatoms. The minimum absolute atomic E-state index is 0.360. The van der Waals surface area contributed by atoms with Crippen LogP contribution in [0.1, 0.15) is 0 Å². The summed E-state index contributed by atoms with van der Waals surface area (Å²) in [7, 11) is 0. The summed E-state index contributed by atoms with van der Waals surface area (Å²) < 4.78 is 0. The molecule has 6 nitrogen and oxygen atoms in total. The number of carbonyl (C=O) groups is 1. The van der Waals surface area contributed by atoms with Crippen molar-refractivity contribution in [3.8, 4) is 11.4 Å². The van der Waals surface area contributed by atoms with Gasteiger partial charge in [-0.3, -0.25) is 4.98 Å². The fourth-order valence-corrected chi connectivity index (χ4v) is 1.88. The molecule has 2 aliphatic rings. The van der Waals surface area contributed by atoms with Crippen LogP contribution in [0.3, 0.4) is 0 Å². The lowest BCUT2D eigenvalue weighted by Crippen LogP contribution is -2.32. The molecular weight excluding hydrogens is 242 g/mol. The van der Waals surface area contributed by atoms with Crippen LogP contribution in [0, 0.1) is 0 Å². The number of para-hydroxylation sites is 1. The third kappa shape index (κ3) is 1.99. The second kappa shape index (κ2) is 4.41. The number of rotatable bonds is 2. The lowest BCUT2D eigenvalue weighted by Gasteiger charge is -2.19. The van der Waals surface area contributed by atoms with Gasteiger partial charge in [0.15, 0.2) is 0 Å². The Bertz CT molecular complexity index is 679. The molecule has 3 N–H and O–H groups in total. The number of carbonyl (C=O) groups excluding carboxylic acids is 1. The molecule has 1 aromatic carbocycles. The highest BCUT2D eigenvalue weighted by molar-refractivity contribution is 5.96. The van der Waals surface area contributed by atoms with Gasteiger partial charge in [0.2, 0.25) is 5.95 Å². The summed E-state index contributed by atoms with van der Waals surface area (Å²) in [5, 5.41) is 0. The van der Waals surface area contributed by atoms with Gasteiger partial charge in [-0.05, 0) is 18.2 Å². The lowest BCUT2D eigenvalue weighted by atomic mass is 10.3. The van der Waals surface area contributed by atoms with Crippen molar-refractivity contribution < 1.29 is 4.79 Å². The number of H-pyrrole nitrogens is 1. The molecule has 0 fully saturated rings. The molecule has 0 aliphatic carbocycles. The number of hydrogen-bond acceptors (Lipinski definition) is 3. The van der Waals surface area contributed by atoms with Crippen LogP contribution in [-0.2, 0) is 0 Å². The smallest absolute Gasteiger partial charge is 0.326 e. The standard InChI is InChI=1S/C13H11N5O/c14-12(19)18(9-4-2-1-3-5-9)13-16-8-11-10(17-13)6-7-15-11/h1-8H,(H2,14,19)(H,16,17). The Kier molecular flexibility index (Phi) is 2.60. The average Bonchev–Trinajstić information content (AvgIpc) is 2.87. The quantitative estimate of drug-likeness (QED) is 0.733. The van der Waals surface area contributed by atoms with Crippen molar-refractivity contribution in [1.29, 1.82) is 0 Å². The first-order valence-corrected chi connectivity index (χ1v) is 5.70. The second-order valence-electron chi connectivity index (χ2n) is 3.96. The van der Waals surface area contributed by atoms with E-state index >= 15 is 0 Å². The summed E-state index contributed by atoms with van der Waals surface area (Å²) in [6.45, 7) is 0. The minimum atomic E-state index is -0.603. The zero-order valence-electron chi connectivity index (χ0n) is 9.95. The highest BCUT2D eigenvalue weighted by atomic mass is 16.2. The predicted molar refractivity (Wildman–Crippen MR) is 71.2 cm³/mol. The SMILES string of the molecule is NC(=O)N(c1ccccc1)c1ncc2nccc-2[nH]1. The maximum absolute atomic E-state index is 11.6. The number of nitrogens with one attached hydrogen (secondary N) is 1. The van der Waals surface area contributed by atoms with Crippen molar-refractivity contribution in [2.45, 2.75) is 0 Å². The van der Waals surface area contributed by atoms with E-state index in [9.17, 15) is 4.79 Å². The number of primary amides is 1. The number of anilines is 2. The van der Waals surface area contributed by atoms with Crippen LogP contribution in [0.4, 0.5) is 16.4 Å². The predicted octanol–water partition coefficient (Wildman–Crippen LogP) is 2.13. The summed E-state index contributed by atoms with van der Waals surface area (Å²) in [4.78, 5) is 24.3. The topological polar surface area (TPSA) is 87.9 Å². The summed E-state index contributed by atoms with van der Waals surface area (Å²) in [6, 6.07) is 10.3. The largest absolute Gasteiger partial charge is 0.351 e. The first-order valence-electron chi connectivity index (χ1n) is 5.70. The number of hydrogen-bond donors (Lipinski definition) is 2. The number of amides is 2. The van der Waals surface area contributed by atoms with Gasteiger partial charge in [0, 0.05) is 6.20 Å². The molecule has 0 aromatic heterocycles. The number of aromatic nitrogens is 3. The van der Waals surface area contributed by atoms with Crippen LogP contribution in [0.15, 0.2) is 48.8 Å². The van der Waals surface area contributed by atoms with E-state index in [0.29, 0.717) is 11.6 Å². The molecule has 0 atom stereocenters. The van der Waals surface area contributed by atoms with Crippen LogP contribution in [0.25, 0.3) is 11.4 Å². The highest BCUT2D eigenvalue weighted by Gasteiger charge is 2.18. The van der Waals surface area contributed by atoms with E-state index in [0.717, 1.165) is 11.4 Å².